The third-order valence-electron chi connectivity index (χ3n) is 5.11. The van der Waals surface area contributed by atoms with Crippen molar-refractivity contribution < 1.29 is 9.59 Å². The van der Waals surface area contributed by atoms with E-state index in [1.807, 2.05) is 30.9 Å². The van der Waals surface area contributed by atoms with Crippen LogP contribution in [0.3, 0.4) is 0 Å². The van der Waals surface area contributed by atoms with E-state index in [1.165, 1.54) is 5.56 Å². The molecule has 0 atom stereocenters. The Morgan fingerprint density at radius 1 is 1.08 bits per heavy atom. The van der Waals surface area contributed by atoms with E-state index in [-0.39, 0.29) is 17.7 Å². The first-order chi connectivity index (χ1) is 11.9. The first kappa shape index (κ1) is 17.3. The summed E-state index contributed by atoms with van der Waals surface area (Å²) >= 11 is 0. The van der Waals surface area contributed by atoms with Gasteiger partial charge in [0.05, 0.1) is 5.56 Å². The van der Waals surface area contributed by atoms with Crippen LogP contribution in [0.15, 0.2) is 30.3 Å². The van der Waals surface area contributed by atoms with Crippen LogP contribution in [0.1, 0.15) is 40.2 Å². The topological polar surface area (TPSA) is 68.3 Å². The second kappa shape index (κ2) is 6.75. The largest absolute Gasteiger partial charge is 0.369 e. The summed E-state index contributed by atoms with van der Waals surface area (Å²) in [5, 5.41) is 0. The minimum absolute atomic E-state index is 0.0370. The summed E-state index contributed by atoms with van der Waals surface area (Å²) < 4.78 is 2.12. The number of aryl methyl sites for hydroxylation is 2. The predicted octanol–water partition coefficient (Wildman–Crippen LogP) is 2.74. The molecule has 1 saturated heterocycles. The molecular formula is C20H25N3O2. The van der Waals surface area contributed by atoms with Crippen molar-refractivity contribution in [2.75, 3.05) is 13.1 Å². The third-order valence-corrected chi connectivity index (χ3v) is 5.11. The summed E-state index contributed by atoms with van der Waals surface area (Å²) in [6.45, 7) is 7.23. The van der Waals surface area contributed by atoms with Gasteiger partial charge in [-0.3, -0.25) is 9.59 Å². The summed E-state index contributed by atoms with van der Waals surface area (Å²) in [5.41, 5.74) is 10.4. The van der Waals surface area contributed by atoms with E-state index in [0.717, 1.165) is 22.6 Å². The number of likely N-dealkylation sites (tertiary alicyclic amines) is 1. The Kier molecular flexibility index (Phi) is 4.66. The van der Waals surface area contributed by atoms with Crippen molar-refractivity contribution >= 4 is 11.8 Å². The maximum absolute atomic E-state index is 13.0. The molecular weight excluding hydrogens is 314 g/mol. The van der Waals surface area contributed by atoms with Crippen LogP contribution < -0.4 is 5.73 Å². The number of nitrogens with zero attached hydrogens (tertiary/aromatic N) is 2. The van der Waals surface area contributed by atoms with Gasteiger partial charge in [-0.2, -0.15) is 0 Å². The van der Waals surface area contributed by atoms with Gasteiger partial charge in [0, 0.05) is 36.1 Å². The molecule has 1 aliphatic heterocycles. The van der Waals surface area contributed by atoms with Gasteiger partial charge in [-0.15, -0.1) is 0 Å². The summed E-state index contributed by atoms with van der Waals surface area (Å²) in [5.74, 6) is -0.330. The number of rotatable bonds is 3. The van der Waals surface area contributed by atoms with E-state index in [9.17, 15) is 9.59 Å². The van der Waals surface area contributed by atoms with Crippen LogP contribution in [-0.2, 0) is 4.79 Å². The first-order valence-electron chi connectivity index (χ1n) is 8.73. The van der Waals surface area contributed by atoms with Gasteiger partial charge in [0.2, 0.25) is 5.91 Å². The smallest absolute Gasteiger partial charge is 0.255 e. The van der Waals surface area contributed by atoms with Gasteiger partial charge in [0.25, 0.3) is 5.91 Å². The molecule has 2 heterocycles. The Morgan fingerprint density at radius 3 is 2.36 bits per heavy atom. The molecule has 0 bridgehead atoms. The molecule has 0 radical (unpaired) electrons. The van der Waals surface area contributed by atoms with Crippen molar-refractivity contribution in [1.29, 1.82) is 0 Å². The summed E-state index contributed by atoms with van der Waals surface area (Å²) in [4.78, 5) is 26.1. The fourth-order valence-electron chi connectivity index (χ4n) is 3.68. The van der Waals surface area contributed by atoms with Gasteiger partial charge in [0.1, 0.15) is 0 Å². The number of aromatic nitrogens is 1. The van der Waals surface area contributed by atoms with E-state index in [2.05, 4.69) is 29.7 Å². The van der Waals surface area contributed by atoms with E-state index in [1.54, 1.807) is 0 Å². The van der Waals surface area contributed by atoms with Gasteiger partial charge in [-0.05, 0) is 57.4 Å². The van der Waals surface area contributed by atoms with Crippen molar-refractivity contribution in [3.05, 3.63) is 52.8 Å². The maximum Gasteiger partial charge on any atom is 0.255 e. The molecule has 2 amide bonds. The van der Waals surface area contributed by atoms with Crippen molar-refractivity contribution in [2.24, 2.45) is 11.7 Å². The summed E-state index contributed by atoms with van der Waals surface area (Å²) in [6.07, 6.45) is 1.30. The van der Waals surface area contributed by atoms with Crippen LogP contribution in [0, 0.1) is 26.7 Å². The fourth-order valence-corrected chi connectivity index (χ4v) is 3.68. The Hall–Kier alpha value is -2.56. The van der Waals surface area contributed by atoms with E-state index in [4.69, 9.17) is 5.73 Å². The molecule has 2 N–H and O–H groups in total. The molecule has 1 aliphatic rings. The highest BCUT2D eigenvalue weighted by Gasteiger charge is 2.28. The molecule has 132 valence electrons. The van der Waals surface area contributed by atoms with E-state index in [0.29, 0.717) is 25.9 Å². The Balaban J connectivity index is 1.85. The Labute approximate surface area is 148 Å². The zero-order valence-electron chi connectivity index (χ0n) is 15.1. The predicted molar refractivity (Wildman–Crippen MR) is 97.8 cm³/mol. The Morgan fingerprint density at radius 2 is 1.76 bits per heavy atom. The monoisotopic (exact) mass is 339 g/mol. The molecule has 1 aromatic carbocycles. The molecule has 0 spiro atoms. The van der Waals surface area contributed by atoms with Crippen molar-refractivity contribution in [3.8, 4) is 5.69 Å². The Bertz CT molecular complexity index is 814. The highest BCUT2D eigenvalue weighted by molar-refractivity contribution is 5.96. The molecule has 5 heteroatoms. The molecule has 1 fully saturated rings. The van der Waals surface area contributed by atoms with Gasteiger partial charge >= 0.3 is 0 Å². The first-order valence-corrected chi connectivity index (χ1v) is 8.73. The van der Waals surface area contributed by atoms with E-state index < -0.39 is 0 Å². The number of carbonyl (C=O) groups is 2. The molecule has 3 rings (SSSR count). The van der Waals surface area contributed by atoms with Crippen LogP contribution in [0.2, 0.25) is 0 Å². The average Bonchev–Trinajstić information content (AvgIpc) is 2.88. The number of amides is 2. The second-order valence-electron chi connectivity index (χ2n) is 6.93. The lowest BCUT2D eigenvalue weighted by Gasteiger charge is -2.30. The average molecular weight is 339 g/mol. The third kappa shape index (κ3) is 3.31. The minimum Gasteiger partial charge on any atom is -0.369 e. The summed E-state index contributed by atoms with van der Waals surface area (Å²) in [6, 6.07) is 10.2. The van der Waals surface area contributed by atoms with Gasteiger partial charge in [-0.1, -0.05) is 12.1 Å². The molecule has 5 nitrogen and oxygen atoms in total. The van der Waals surface area contributed by atoms with Crippen molar-refractivity contribution in [2.45, 2.75) is 33.6 Å². The standard InChI is InChI=1S/C20H25N3O2/c1-13-5-4-6-17(11-13)23-14(2)12-18(15(23)3)20(25)22-9-7-16(8-10-22)19(21)24/h4-6,11-12,16H,7-10H2,1-3H3,(H2,21,24). The number of hydrogen-bond donors (Lipinski definition) is 1. The minimum atomic E-state index is -0.260. The number of benzene rings is 1. The van der Waals surface area contributed by atoms with Gasteiger partial charge in [0.15, 0.2) is 0 Å². The summed E-state index contributed by atoms with van der Waals surface area (Å²) in [7, 11) is 0. The molecule has 25 heavy (non-hydrogen) atoms. The quantitative estimate of drug-likeness (QED) is 0.934. The van der Waals surface area contributed by atoms with E-state index >= 15 is 0 Å². The zero-order chi connectivity index (χ0) is 18.1. The maximum atomic E-state index is 13.0. The number of nitrogens with two attached hydrogens (primary N) is 1. The number of piperidine rings is 1. The molecule has 0 unspecified atom stereocenters. The lowest BCUT2D eigenvalue weighted by Crippen LogP contribution is -2.41. The SMILES string of the molecule is Cc1cccc(-n2c(C)cc(C(=O)N3CCC(C(N)=O)CC3)c2C)c1. The van der Waals surface area contributed by atoms with Crippen molar-refractivity contribution in [3.63, 3.8) is 0 Å². The molecule has 1 aromatic heterocycles. The van der Waals surface area contributed by atoms with Crippen LogP contribution in [0.5, 0.6) is 0 Å². The number of carbonyl (C=O) groups excluding carboxylic acids is 2. The molecule has 0 aliphatic carbocycles. The van der Waals surface area contributed by atoms with Crippen LogP contribution in [0.4, 0.5) is 0 Å². The van der Waals surface area contributed by atoms with Gasteiger partial charge < -0.3 is 15.2 Å². The van der Waals surface area contributed by atoms with Crippen LogP contribution >= 0.6 is 0 Å². The molecule has 2 aromatic rings. The highest BCUT2D eigenvalue weighted by Crippen LogP contribution is 2.25. The zero-order valence-corrected chi connectivity index (χ0v) is 15.1. The normalized spacial score (nSPS) is 15.4. The van der Waals surface area contributed by atoms with Gasteiger partial charge in [-0.25, -0.2) is 0 Å². The fraction of sp³-hybridized carbons (Fsp3) is 0.400. The molecule has 0 saturated carbocycles. The lowest BCUT2D eigenvalue weighted by molar-refractivity contribution is -0.123. The lowest BCUT2D eigenvalue weighted by atomic mass is 9.96. The number of hydrogen-bond acceptors (Lipinski definition) is 2. The van der Waals surface area contributed by atoms with Crippen LogP contribution in [0.25, 0.3) is 5.69 Å². The second-order valence-corrected chi connectivity index (χ2v) is 6.93. The van der Waals surface area contributed by atoms with Crippen LogP contribution in [-0.4, -0.2) is 34.4 Å². The van der Waals surface area contributed by atoms with Crippen molar-refractivity contribution in [1.82, 2.24) is 9.47 Å². The highest BCUT2D eigenvalue weighted by atomic mass is 16.2. The number of primary amides is 1.